The molecular formula is C11H23N3O. The fourth-order valence-corrected chi connectivity index (χ4v) is 2.27. The largest absolute Gasteiger partial charge is 0.390 e. The van der Waals surface area contributed by atoms with Gasteiger partial charge in [0.05, 0.1) is 12.6 Å². The van der Waals surface area contributed by atoms with E-state index in [2.05, 4.69) is 22.1 Å². The highest BCUT2D eigenvalue weighted by Gasteiger charge is 2.22. The van der Waals surface area contributed by atoms with Gasteiger partial charge in [0, 0.05) is 19.6 Å². The number of hydrogen-bond acceptors (Lipinski definition) is 4. The van der Waals surface area contributed by atoms with Crippen molar-refractivity contribution in [3.8, 4) is 0 Å². The Morgan fingerprint density at radius 3 is 2.93 bits per heavy atom. The van der Waals surface area contributed by atoms with Gasteiger partial charge in [0.1, 0.15) is 0 Å². The molecule has 1 N–H and O–H groups in total. The normalized spacial score (nSPS) is 25.9. The molecule has 1 unspecified atom stereocenters. The Hall–Kier alpha value is -0.480. The van der Waals surface area contributed by atoms with Gasteiger partial charge in [-0.2, -0.15) is 10.2 Å². The van der Waals surface area contributed by atoms with Crippen LogP contribution in [0.4, 0.5) is 0 Å². The molecule has 0 saturated carbocycles. The summed E-state index contributed by atoms with van der Waals surface area (Å²) >= 11 is 0. The topological polar surface area (TPSA) is 48.2 Å². The number of aliphatic hydroxyl groups is 1. The van der Waals surface area contributed by atoms with Gasteiger partial charge in [0.25, 0.3) is 0 Å². The highest BCUT2D eigenvalue weighted by atomic mass is 16.3. The highest BCUT2D eigenvalue weighted by molar-refractivity contribution is 4.78. The molecule has 88 valence electrons. The molecule has 1 heterocycles. The third-order valence-electron chi connectivity index (χ3n) is 3.10. The molecule has 0 aliphatic carbocycles. The number of likely N-dealkylation sites (tertiary alicyclic amines) is 1. The van der Waals surface area contributed by atoms with E-state index in [1.807, 2.05) is 0 Å². The van der Waals surface area contributed by atoms with Crippen molar-refractivity contribution < 1.29 is 5.11 Å². The van der Waals surface area contributed by atoms with Gasteiger partial charge in [-0.1, -0.05) is 13.3 Å². The molecule has 1 saturated heterocycles. The summed E-state index contributed by atoms with van der Waals surface area (Å²) in [6, 6.07) is 0.659. The fraction of sp³-hybridized carbons (Fsp3) is 1.00. The number of rotatable bonds is 5. The molecule has 0 aromatic rings. The summed E-state index contributed by atoms with van der Waals surface area (Å²) in [5.74, 6) is 0. The molecule has 1 rings (SSSR count). The Labute approximate surface area is 92.4 Å². The molecule has 0 spiro atoms. The van der Waals surface area contributed by atoms with Crippen LogP contribution >= 0.6 is 0 Å². The van der Waals surface area contributed by atoms with E-state index in [1.54, 1.807) is 7.05 Å². The zero-order valence-corrected chi connectivity index (χ0v) is 9.89. The Morgan fingerprint density at radius 1 is 1.47 bits per heavy atom. The number of hydrogen-bond donors (Lipinski definition) is 1. The van der Waals surface area contributed by atoms with E-state index in [1.165, 1.54) is 25.7 Å². The van der Waals surface area contributed by atoms with E-state index in [0.29, 0.717) is 12.6 Å². The molecule has 0 aromatic heterocycles. The summed E-state index contributed by atoms with van der Waals surface area (Å²) in [7, 11) is 1.64. The third kappa shape index (κ3) is 4.26. The van der Waals surface area contributed by atoms with Crippen LogP contribution in [-0.2, 0) is 0 Å². The summed E-state index contributed by atoms with van der Waals surface area (Å²) in [5.41, 5.74) is 0. The monoisotopic (exact) mass is 213 g/mol. The maximum atomic E-state index is 9.75. The molecule has 1 aliphatic heterocycles. The number of nitrogens with zero attached hydrogens (tertiary/aromatic N) is 3. The first-order chi connectivity index (χ1) is 7.27. The first kappa shape index (κ1) is 12.6. The van der Waals surface area contributed by atoms with Crippen LogP contribution in [0.25, 0.3) is 0 Å². The van der Waals surface area contributed by atoms with Crippen LogP contribution in [0.5, 0.6) is 0 Å². The summed E-state index contributed by atoms with van der Waals surface area (Å²) in [6.07, 6.45) is 4.69. The minimum atomic E-state index is -0.360. The molecule has 0 radical (unpaired) electrons. The quantitative estimate of drug-likeness (QED) is 0.706. The molecule has 0 amide bonds. The van der Waals surface area contributed by atoms with Gasteiger partial charge in [0.15, 0.2) is 0 Å². The zero-order chi connectivity index (χ0) is 11.1. The van der Waals surface area contributed by atoms with Crippen LogP contribution in [-0.4, -0.2) is 48.8 Å². The van der Waals surface area contributed by atoms with E-state index >= 15 is 0 Å². The maximum absolute atomic E-state index is 9.75. The Kier molecular flexibility index (Phi) is 5.79. The van der Waals surface area contributed by atoms with Crippen molar-refractivity contribution in [2.75, 3.05) is 26.7 Å². The lowest BCUT2D eigenvalue weighted by Gasteiger charge is -2.36. The van der Waals surface area contributed by atoms with E-state index in [-0.39, 0.29) is 6.10 Å². The molecule has 4 heteroatoms. The van der Waals surface area contributed by atoms with Gasteiger partial charge < -0.3 is 5.11 Å². The SMILES string of the molecule is CCC1CCCCN1C[C@@H](O)C/N=N/C. The first-order valence-corrected chi connectivity index (χ1v) is 5.95. The Balaban J connectivity index is 2.33. The van der Waals surface area contributed by atoms with Gasteiger partial charge in [-0.15, -0.1) is 0 Å². The van der Waals surface area contributed by atoms with Crippen molar-refractivity contribution in [1.29, 1.82) is 0 Å². The summed E-state index contributed by atoms with van der Waals surface area (Å²) in [6.45, 7) is 4.53. The molecule has 1 aliphatic rings. The lowest BCUT2D eigenvalue weighted by molar-refractivity contribution is 0.0696. The molecule has 1 fully saturated rings. The Morgan fingerprint density at radius 2 is 2.27 bits per heavy atom. The number of aliphatic hydroxyl groups excluding tert-OH is 1. The summed E-state index contributed by atoms with van der Waals surface area (Å²) < 4.78 is 0. The molecule has 15 heavy (non-hydrogen) atoms. The minimum Gasteiger partial charge on any atom is -0.390 e. The third-order valence-corrected chi connectivity index (χ3v) is 3.10. The van der Waals surface area contributed by atoms with Crippen LogP contribution in [0.15, 0.2) is 10.2 Å². The van der Waals surface area contributed by atoms with E-state index < -0.39 is 0 Å². The predicted molar refractivity (Wildman–Crippen MR) is 61.2 cm³/mol. The minimum absolute atomic E-state index is 0.360. The van der Waals surface area contributed by atoms with Gasteiger partial charge in [0.2, 0.25) is 0 Å². The fourth-order valence-electron chi connectivity index (χ4n) is 2.27. The van der Waals surface area contributed by atoms with Gasteiger partial charge in [-0.25, -0.2) is 0 Å². The van der Waals surface area contributed by atoms with E-state index in [9.17, 15) is 5.11 Å². The van der Waals surface area contributed by atoms with Crippen LogP contribution in [0.3, 0.4) is 0 Å². The van der Waals surface area contributed by atoms with Crippen LogP contribution in [0.2, 0.25) is 0 Å². The second-order valence-corrected chi connectivity index (χ2v) is 4.23. The smallest absolute Gasteiger partial charge is 0.0880 e. The van der Waals surface area contributed by atoms with Gasteiger partial charge >= 0.3 is 0 Å². The Bertz CT molecular complexity index is 196. The summed E-state index contributed by atoms with van der Waals surface area (Å²) in [4.78, 5) is 2.40. The van der Waals surface area contributed by atoms with Crippen molar-refractivity contribution in [2.24, 2.45) is 10.2 Å². The van der Waals surface area contributed by atoms with Gasteiger partial charge in [-0.05, 0) is 25.8 Å². The standard InChI is InChI=1S/C11H23N3O/c1-3-10-6-4-5-7-14(10)9-11(15)8-13-12-2/h10-11,15H,3-9H2,1-2H3/b13-12+/t10?,11-/m0/s1. The number of azo groups is 1. The average molecular weight is 213 g/mol. The molecule has 4 nitrogen and oxygen atoms in total. The van der Waals surface area contributed by atoms with Crippen molar-refractivity contribution in [2.45, 2.75) is 44.8 Å². The lowest BCUT2D eigenvalue weighted by atomic mass is 9.99. The van der Waals surface area contributed by atoms with Crippen molar-refractivity contribution in [3.05, 3.63) is 0 Å². The van der Waals surface area contributed by atoms with E-state index in [0.717, 1.165) is 13.1 Å². The lowest BCUT2D eigenvalue weighted by Crippen LogP contribution is -2.44. The van der Waals surface area contributed by atoms with Crippen LogP contribution in [0, 0.1) is 0 Å². The van der Waals surface area contributed by atoms with Crippen molar-refractivity contribution in [1.82, 2.24) is 4.90 Å². The number of piperidine rings is 1. The number of β-amino-alcohol motifs (C(OH)–C–C–N with tert-alkyl or cyclic N) is 1. The molecule has 0 aromatic carbocycles. The van der Waals surface area contributed by atoms with Crippen LogP contribution in [0.1, 0.15) is 32.6 Å². The molecule has 2 atom stereocenters. The van der Waals surface area contributed by atoms with Crippen molar-refractivity contribution >= 4 is 0 Å². The average Bonchev–Trinajstić information content (AvgIpc) is 2.27. The first-order valence-electron chi connectivity index (χ1n) is 5.95. The zero-order valence-electron chi connectivity index (χ0n) is 9.89. The summed E-state index contributed by atoms with van der Waals surface area (Å²) in [5, 5.41) is 17.2. The van der Waals surface area contributed by atoms with Crippen molar-refractivity contribution in [3.63, 3.8) is 0 Å². The second kappa shape index (κ2) is 6.90. The molecule has 0 bridgehead atoms. The maximum Gasteiger partial charge on any atom is 0.0880 e. The predicted octanol–water partition coefficient (Wildman–Crippen LogP) is 1.69. The van der Waals surface area contributed by atoms with Gasteiger partial charge in [-0.3, -0.25) is 4.90 Å². The van der Waals surface area contributed by atoms with E-state index in [4.69, 9.17) is 0 Å². The molecular weight excluding hydrogens is 190 g/mol. The van der Waals surface area contributed by atoms with Crippen LogP contribution < -0.4 is 0 Å². The highest BCUT2D eigenvalue weighted by Crippen LogP contribution is 2.19. The second-order valence-electron chi connectivity index (χ2n) is 4.23.